The number of hydrogen-bond donors (Lipinski definition) is 0. The first-order chi connectivity index (χ1) is 9.13. The second-order valence-electron chi connectivity index (χ2n) is 4.06. The minimum absolute atomic E-state index is 0.136. The number of aryl methyl sites for hydroxylation is 1. The van der Waals surface area contributed by atoms with E-state index in [1.54, 1.807) is 31.2 Å². The van der Waals surface area contributed by atoms with Crippen LogP contribution in [-0.4, -0.2) is 9.99 Å². The van der Waals surface area contributed by atoms with E-state index in [9.17, 15) is 9.00 Å². The third-order valence-electron chi connectivity index (χ3n) is 2.61. The van der Waals surface area contributed by atoms with Gasteiger partial charge in [-0.05, 0) is 38.1 Å². The van der Waals surface area contributed by atoms with Gasteiger partial charge in [-0.25, -0.2) is 4.21 Å². The first kappa shape index (κ1) is 13.5. The quantitative estimate of drug-likeness (QED) is 0.633. The zero-order valence-electron chi connectivity index (χ0n) is 10.8. The Balaban J connectivity index is 2.37. The predicted molar refractivity (Wildman–Crippen MR) is 73.7 cm³/mol. The van der Waals surface area contributed by atoms with Gasteiger partial charge in [-0.3, -0.25) is 4.79 Å². The minimum atomic E-state index is -1.41. The number of ketones is 1. The van der Waals surface area contributed by atoms with E-state index < -0.39 is 10.8 Å². The van der Waals surface area contributed by atoms with Crippen LogP contribution in [0.25, 0.3) is 0 Å². The SMILES string of the molecule is C/C=C/C(=O)c1occc1S(=O)c1ccc(C)cc1. The largest absolute Gasteiger partial charge is 0.460 e. The molecule has 0 bridgehead atoms. The van der Waals surface area contributed by atoms with Gasteiger partial charge in [-0.2, -0.15) is 0 Å². The van der Waals surface area contributed by atoms with E-state index in [1.807, 2.05) is 19.1 Å². The first-order valence-electron chi connectivity index (χ1n) is 5.86. The van der Waals surface area contributed by atoms with Crippen molar-refractivity contribution >= 4 is 16.6 Å². The van der Waals surface area contributed by atoms with Gasteiger partial charge in [0.15, 0.2) is 5.76 Å². The number of rotatable bonds is 4. The van der Waals surface area contributed by atoms with Crippen molar-refractivity contribution in [3.8, 4) is 0 Å². The molecule has 1 aromatic heterocycles. The van der Waals surface area contributed by atoms with Gasteiger partial charge in [0.1, 0.15) is 0 Å². The van der Waals surface area contributed by atoms with E-state index in [-0.39, 0.29) is 11.5 Å². The molecular formula is C15H14O3S. The van der Waals surface area contributed by atoms with Crippen LogP contribution in [0, 0.1) is 6.92 Å². The Morgan fingerprint density at radius 1 is 1.21 bits per heavy atom. The van der Waals surface area contributed by atoms with Crippen molar-refractivity contribution in [2.75, 3.05) is 0 Å². The Morgan fingerprint density at radius 3 is 2.53 bits per heavy atom. The van der Waals surface area contributed by atoms with Gasteiger partial charge >= 0.3 is 0 Å². The molecule has 0 aliphatic carbocycles. The highest BCUT2D eigenvalue weighted by molar-refractivity contribution is 7.85. The summed E-state index contributed by atoms with van der Waals surface area (Å²) >= 11 is 0. The molecule has 1 unspecified atom stereocenters. The van der Waals surface area contributed by atoms with Crippen molar-refractivity contribution in [3.63, 3.8) is 0 Å². The summed E-state index contributed by atoms with van der Waals surface area (Å²) in [7, 11) is -1.41. The topological polar surface area (TPSA) is 47.3 Å². The zero-order valence-corrected chi connectivity index (χ0v) is 11.6. The Kier molecular flexibility index (Phi) is 4.12. The summed E-state index contributed by atoms with van der Waals surface area (Å²) in [4.78, 5) is 12.9. The third-order valence-corrected chi connectivity index (χ3v) is 4.03. The number of carbonyl (C=O) groups excluding carboxylic acids is 1. The molecule has 0 radical (unpaired) electrons. The van der Waals surface area contributed by atoms with Gasteiger partial charge in [0.2, 0.25) is 5.78 Å². The Morgan fingerprint density at radius 2 is 1.89 bits per heavy atom. The maximum absolute atomic E-state index is 12.4. The van der Waals surface area contributed by atoms with Gasteiger partial charge in [-0.1, -0.05) is 23.8 Å². The first-order valence-corrected chi connectivity index (χ1v) is 7.01. The minimum Gasteiger partial charge on any atom is -0.460 e. The van der Waals surface area contributed by atoms with Crippen molar-refractivity contribution in [1.29, 1.82) is 0 Å². The van der Waals surface area contributed by atoms with Crippen LogP contribution in [0.2, 0.25) is 0 Å². The molecule has 2 aromatic rings. The van der Waals surface area contributed by atoms with Crippen molar-refractivity contribution < 1.29 is 13.4 Å². The third kappa shape index (κ3) is 2.90. The fraction of sp³-hybridized carbons (Fsp3) is 0.133. The van der Waals surface area contributed by atoms with E-state index in [4.69, 9.17) is 4.42 Å². The number of carbonyl (C=O) groups is 1. The monoisotopic (exact) mass is 274 g/mol. The predicted octanol–water partition coefficient (Wildman–Crippen LogP) is 3.51. The fourth-order valence-corrected chi connectivity index (χ4v) is 2.77. The van der Waals surface area contributed by atoms with Crippen LogP contribution in [0.4, 0.5) is 0 Å². The molecule has 0 amide bonds. The van der Waals surface area contributed by atoms with Gasteiger partial charge in [-0.15, -0.1) is 0 Å². The summed E-state index contributed by atoms with van der Waals surface area (Å²) in [6.07, 6.45) is 4.41. The van der Waals surface area contributed by atoms with E-state index in [1.165, 1.54) is 12.3 Å². The average molecular weight is 274 g/mol. The highest BCUT2D eigenvalue weighted by Gasteiger charge is 2.19. The zero-order chi connectivity index (χ0) is 13.8. The molecule has 1 heterocycles. The molecule has 1 aromatic carbocycles. The molecular weight excluding hydrogens is 260 g/mol. The number of allylic oxidation sites excluding steroid dienone is 2. The van der Waals surface area contributed by atoms with Crippen molar-refractivity contribution in [3.05, 3.63) is 60.1 Å². The second-order valence-corrected chi connectivity index (χ2v) is 5.51. The molecule has 0 saturated heterocycles. The van der Waals surface area contributed by atoms with Crippen LogP contribution in [-0.2, 0) is 10.8 Å². The number of hydrogen-bond acceptors (Lipinski definition) is 3. The lowest BCUT2D eigenvalue weighted by Crippen LogP contribution is -2.00. The van der Waals surface area contributed by atoms with Crippen LogP contribution in [0.15, 0.2) is 63.0 Å². The number of furan rings is 1. The Labute approximate surface area is 114 Å². The fourth-order valence-electron chi connectivity index (χ4n) is 1.64. The summed E-state index contributed by atoms with van der Waals surface area (Å²) in [5, 5.41) is 0. The lowest BCUT2D eigenvalue weighted by Gasteiger charge is -2.02. The van der Waals surface area contributed by atoms with Crippen LogP contribution >= 0.6 is 0 Å². The normalized spacial score (nSPS) is 12.7. The van der Waals surface area contributed by atoms with Crippen LogP contribution in [0.5, 0.6) is 0 Å². The van der Waals surface area contributed by atoms with Crippen molar-refractivity contribution in [1.82, 2.24) is 0 Å². The summed E-state index contributed by atoms with van der Waals surface area (Å²) in [6, 6.07) is 8.94. The van der Waals surface area contributed by atoms with E-state index in [2.05, 4.69) is 0 Å². The second kappa shape index (κ2) is 5.80. The molecule has 0 saturated carbocycles. The van der Waals surface area contributed by atoms with Gasteiger partial charge in [0.05, 0.1) is 22.0 Å². The summed E-state index contributed by atoms with van der Waals surface area (Å²) in [5.41, 5.74) is 1.10. The van der Waals surface area contributed by atoms with Crippen LogP contribution < -0.4 is 0 Å². The summed E-state index contributed by atoms with van der Waals surface area (Å²) < 4.78 is 17.6. The molecule has 0 aliphatic heterocycles. The molecule has 19 heavy (non-hydrogen) atoms. The van der Waals surface area contributed by atoms with Gasteiger partial charge in [0.25, 0.3) is 0 Å². The van der Waals surface area contributed by atoms with Crippen LogP contribution in [0.3, 0.4) is 0 Å². The molecule has 3 nitrogen and oxygen atoms in total. The van der Waals surface area contributed by atoms with E-state index >= 15 is 0 Å². The molecule has 4 heteroatoms. The maximum atomic E-state index is 12.4. The lowest BCUT2D eigenvalue weighted by molar-refractivity contribution is 0.101. The lowest BCUT2D eigenvalue weighted by atomic mass is 10.2. The van der Waals surface area contributed by atoms with Gasteiger partial charge in [0, 0.05) is 4.90 Å². The van der Waals surface area contributed by atoms with Crippen molar-refractivity contribution in [2.24, 2.45) is 0 Å². The molecule has 0 N–H and O–H groups in total. The standard InChI is InChI=1S/C15H14O3S/c1-3-4-13(16)15-14(9-10-18-15)19(17)12-7-5-11(2)6-8-12/h3-10H,1-2H3/b4-3+. The molecule has 1 atom stereocenters. The Hall–Kier alpha value is -1.94. The van der Waals surface area contributed by atoms with Crippen molar-refractivity contribution in [2.45, 2.75) is 23.6 Å². The molecule has 2 rings (SSSR count). The average Bonchev–Trinajstić information content (AvgIpc) is 2.88. The number of benzene rings is 1. The van der Waals surface area contributed by atoms with E-state index in [0.717, 1.165) is 5.56 Å². The molecule has 0 fully saturated rings. The highest BCUT2D eigenvalue weighted by Crippen LogP contribution is 2.22. The maximum Gasteiger partial charge on any atom is 0.221 e. The van der Waals surface area contributed by atoms with Gasteiger partial charge < -0.3 is 4.42 Å². The van der Waals surface area contributed by atoms with E-state index in [0.29, 0.717) is 9.79 Å². The highest BCUT2D eigenvalue weighted by atomic mass is 32.2. The molecule has 0 spiro atoms. The van der Waals surface area contributed by atoms with Crippen LogP contribution in [0.1, 0.15) is 23.0 Å². The summed E-state index contributed by atoms with van der Waals surface area (Å²) in [5.74, 6) is -0.139. The Bertz CT molecular complexity index is 636. The molecule has 0 aliphatic rings. The molecule has 98 valence electrons. The summed E-state index contributed by atoms with van der Waals surface area (Å²) in [6.45, 7) is 3.71. The smallest absolute Gasteiger partial charge is 0.221 e.